The molecule has 2 aromatic heterocycles. The standard InChI is InChI=1S/C42H27NO/c1-2-9-28(10-3-1)32-23-26-40-38(27-32)35-11-4-6-15-39(35)43(40)33-24-21-30(22-25-33)29-17-19-31(20-18-29)34-13-8-14-37-36-12-5-7-16-41(36)44-42(34)37/h1-27H. The van der Waals surface area contributed by atoms with Crippen molar-refractivity contribution in [3.8, 4) is 39.1 Å². The Labute approximate surface area is 255 Å². The summed E-state index contributed by atoms with van der Waals surface area (Å²) >= 11 is 0. The van der Waals surface area contributed by atoms with Crippen LogP contribution in [-0.2, 0) is 0 Å². The summed E-state index contributed by atoms with van der Waals surface area (Å²) in [4.78, 5) is 0. The van der Waals surface area contributed by atoms with Crippen LogP contribution in [0.2, 0.25) is 0 Å². The second kappa shape index (κ2) is 9.86. The molecular formula is C42H27NO. The molecule has 0 amide bonds. The van der Waals surface area contributed by atoms with Crippen LogP contribution >= 0.6 is 0 Å². The molecule has 9 aromatic rings. The lowest BCUT2D eigenvalue weighted by Crippen LogP contribution is -1.93. The number of nitrogens with zero attached hydrogens (tertiary/aromatic N) is 1. The highest BCUT2D eigenvalue weighted by Gasteiger charge is 2.14. The van der Waals surface area contributed by atoms with Gasteiger partial charge in [0.15, 0.2) is 0 Å². The molecule has 0 aliphatic heterocycles. The molecule has 7 aromatic carbocycles. The molecular weight excluding hydrogens is 534 g/mol. The first-order chi connectivity index (χ1) is 21.8. The molecule has 0 radical (unpaired) electrons. The highest BCUT2D eigenvalue weighted by Crippen LogP contribution is 2.38. The van der Waals surface area contributed by atoms with E-state index < -0.39 is 0 Å². The predicted molar refractivity (Wildman–Crippen MR) is 184 cm³/mol. The van der Waals surface area contributed by atoms with Crippen LogP contribution in [-0.4, -0.2) is 4.57 Å². The van der Waals surface area contributed by atoms with E-state index in [1.54, 1.807) is 0 Å². The van der Waals surface area contributed by atoms with Crippen LogP contribution in [0.3, 0.4) is 0 Å². The molecule has 9 rings (SSSR count). The molecule has 44 heavy (non-hydrogen) atoms. The van der Waals surface area contributed by atoms with Crippen molar-refractivity contribution in [2.45, 2.75) is 0 Å². The summed E-state index contributed by atoms with van der Waals surface area (Å²) in [6.45, 7) is 0. The number of furan rings is 1. The fraction of sp³-hybridized carbons (Fsp3) is 0. The summed E-state index contributed by atoms with van der Waals surface area (Å²) in [5.74, 6) is 0. The van der Waals surface area contributed by atoms with Gasteiger partial charge in [0.2, 0.25) is 0 Å². The fourth-order valence-electron chi connectivity index (χ4n) is 6.68. The quantitative estimate of drug-likeness (QED) is 0.209. The molecule has 2 heteroatoms. The largest absolute Gasteiger partial charge is 0.455 e. The number of hydrogen-bond acceptors (Lipinski definition) is 1. The van der Waals surface area contributed by atoms with Crippen LogP contribution < -0.4 is 0 Å². The maximum Gasteiger partial charge on any atom is 0.143 e. The van der Waals surface area contributed by atoms with Crippen molar-refractivity contribution in [1.29, 1.82) is 0 Å². The van der Waals surface area contributed by atoms with Gasteiger partial charge in [-0.2, -0.15) is 0 Å². The van der Waals surface area contributed by atoms with Gasteiger partial charge in [-0.3, -0.25) is 0 Å². The molecule has 0 aliphatic rings. The van der Waals surface area contributed by atoms with Crippen LogP contribution in [0.5, 0.6) is 0 Å². The Balaban J connectivity index is 1.08. The van der Waals surface area contributed by atoms with Crippen LogP contribution in [0.1, 0.15) is 0 Å². The zero-order valence-electron chi connectivity index (χ0n) is 23.9. The molecule has 206 valence electrons. The summed E-state index contributed by atoms with van der Waals surface area (Å²) in [7, 11) is 0. The van der Waals surface area contributed by atoms with Gasteiger partial charge in [0.25, 0.3) is 0 Å². The van der Waals surface area contributed by atoms with E-state index in [1.807, 2.05) is 12.1 Å². The first kappa shape index (κ1) is 24.7. The van der Waals surface area contributed by atoms with Crippen LogP contribution in [0, 0.1) is 0 Å². The predicted octanol–water partition coefficient (Wildman–Crippen LogP) is 11.7. The zero-order chi connectivity index (χ0) is 29.0. The third kappa shape index (κ3) is 3.89. The number of rotatable bonds is 4. The van der Waals surface area contributed by atoms with E-state index in [0.717, 1.165) is 38.8 Å². The SMILES string of the molecule is c1ccc(-c2ccc3c(c2)c2ccccc2n3-c2ccc(-c3ccc(-c4cccc5c4oc4ccccc45)cc3)cc2)cc1. The molecule has 0 N–H and O–H groups in total. The Kier molecular flexibility index (Phi) is 5.54. The summed E-state index contributed by atoms with van der Waals surface area (Å²) in [6.07, 6.45) is 0. The Morgan fingerprint density at radius 2 is 0.955 bits per heavy atom. The normalized spacial score (nSPS) is 11.6. The zero-order valence-corrected chi connectivity index (χ0v) is 23.9. The van der Waals surface area contributed by atoms with Crippen LogP contribution in [0.4, 0.5) is 0 Å². The second-order valence-corrected chi connectivity index (χ2v) is 11.4. The minimum absolute atomic E-state index is 0.923. The fourth-order valence-corrected chi connectivity index (χ4v) is 6.68. The molecule has 0 spiro atoms. The van der Waals surface area contributed by atoms with E-state index >= 15 is 0 Å². The van der Waals surface area contributed by atoms with Gasteiger partial charge < -0.3 is 8.98 Å². The summed E-state index contributed by atoms with van der Waals surface area (Å²) in [6, 6.07) is 58.5. The molecule has 0 atom stereocenters. The van der Waals surface area contributed by atoms with E-state index in [4.69, 9.17) is 4.42 Å². The van der Waals surface area contributed by atoms with Crippen molar-refractivity contribution in [3.63, 3.8) is 0 Å². The van der Waals surface area contributed by atoms with E-state index in [9.17, 15) is 0 Å². The number of hydrogen-bond donors (Lipinski definition) is 0. The summed E-state index contributed by atoms with van der Waals surface area (Å²) < 4.78 is 8.66. The van der Waals surface area contributed by atoms with Gasteiger partial charge in [-0.15, -0.1) is 0 Å². The first-order valence-corrected chi connectivity index (χ1v) is 15.0. The molecule has 0 fully saturated rings. The monoisotopic (exact) mass is 561 g/mol. The van der Waals surface area contributed by atoms with Crippen LogP contribution in [0.25, 0.3) is 82.8 Å². The lowest BCUT2D eigenvalue weighted by molar-refractivity contribution is 0.670. The molecule has 0 unspecified atom stereocenters. The van der Waals surface area contributed by atoms with Crippen molar-refractivity contribution in [3.05, 3.63) is 164 Å². The Morgan fingerprint density at radius 1 is 0.364 bits per heavy atom. The molecule has 0 saturated heterocycles. The average Bonchev–Trinajstić information content (AvgIpc) is 3.64. The lowest BCUT2D eigenvalue weighted by atomic mass is 9.98. The highest BCUT2D eigenvalue weighted by atomic mass is 16.3. The van der Waals surface area contributed by atoms with Gasteiger partial charge in [-0.25, -0.2) is 0 Å². The Morgan fingerprint density at radius 3 is 1.77 bits per heavy atom. The average molecular weight is 562 g/mol. The minimum Gasteiger partial charge on any atom is -0.455 e. The third-order valence-corrected chi connectivity index (χ3v) is 8.84. The van der Waals surface area contributed by atoms with E-state index in [-0.39, 0.29) is 0 Å². The lowest BCUT2D eigenvalue weighted by Gasteiger charge is -2.10. The smallest absolute Gasteiger partial charge is 0.143 e. The molecule has 0 aliphatic carbocycles. The number of benzene rings is 7. The van der Waals surface area contributed by atoms with E-state index in [1.165, 1.54) is 44.1 Å². The Hall–Kier alpha value is -5.86. The maximum atomic E-state index is 6.29. The molecule has 2 nitrogen and oxygen atoms in total. The number of para-hydroxylation sites is 3. The molecule has 0 saturated carbocycles. The highest BCUT2D eigenvalue weighted by molar-refractivity contribution is 6.11. The van der Waals surface area contributed by atoms with Gasteiger partial charge in [-0.05, 0) is 64.2 Å². The van der Waals surface area contributed by atoms with Gasteiger partial charge >= 0.3 is 0 Å². The van der Waals surface area contributed by atoms with Gasteiger partial charge in [0.05, 0.1) is 11.0 Å². The first-order valence-electron chi connectivity index (χ1n) is 15.0. The van der Waals surface area contributed by atoms with Crippen molar-refractivity contribution in [2.24, 2.45) is 0 Å². The minimum atomic E-state index is 0.923. The second-order valence-electron chi connectivity index (χ2n) is 11.4. The molecule has 2 heterocycles. The Bertz CT molecular complexity index is 2460. The van der Waals surface area contributed by atoms with Gasteiger partial charge in [0.1, 0.15) is 11.2 Å². The third-order valence-electron chi connectivity index (χ3n) is 8.84. The maximum absolute atomic E-state index is 6.29. The number of aromatic nitrogens is 1. The molecule has 0 bridgehead atoms. The van der Waals surface area contributed by atoms with Crippen molar-refractivity contribution in [1.82, 2.24) is 4.57 Å². The van der Waals surface area contributed by atoms with E-state index in [2.05, 4.69) is 156 Å². The topological polar surface area (TPSA) is 18.1 Å². The van der Waals surface area contributed by atoms with Gasteiger partial charge in [-0.1, -0.05) is 127 Å². The van der Waals surface area contributed by atoms with Crippen LogP contribution in [0.15, 0.2) is 168 Å². The summed E-state index contributed by atoms with van der Waals surface area (Å²) in [5, 5.41) is 4.83. The summed E-state index contributed by atoms with van der Waals surface area (Å²) in [5.41, 5.74) is 12.5. The van der Waals surface area contributed by atoms with Gasteiger partial charge in [0, 0.05) is 32.8 Å². The van der Waals surface area contributed by atoms with E-state index in [0.29, 0.717) is 0 Å². The number of fused-ring (bicyclic) bond motifs is 6. The van der Waals surface area contributed by atoms with Crippen molar-refractivity contribution in [2.75, 3.05) is 0 Å². The van der Waals surface area contributed by atoms with Crippen molar-refractivity contribution < 1.29 is 4.42 Å². The van der Waals surface area contributed by atoms with Crippen molar-refractivity contribution >= 4 is 43.7 Å².